The maximum atomic E-state index is 5.01. The Bertz CT molecular complexity index is 1960. The van der Waals surface area contributed by atoms with E-state index in [4.69, 9.17) is 4.98 Å². The van der Waals surface area contributed by atoms with Gasteiger partial charge in [0.15, 0.2) is 0 Å². The highest BCUT2D eigenvalue weighted by Gasteiger charge is 2.26. The number of hydrogen-bond acceptors (Lipinski definition) is 1. The summed E-state index contributed by atoms with van der Waals surface area (Å²) in [5, 5.41) is 2.74. The zero-order valence-corrected chi connectivity index (χ0v) is 24.8. The summed E-state index contributed by atoms with van der Waals surface area (Å²) in [5.74, 6) is 1.52. The Morgan fingerprint density at radius 3 is 2.26 bits per heavy atom. The number of aryl methyl sites for hydroxylation is 2. The summed E-state index contributed by atoms with van der Waals surface area (Å²) in [4.78, 5) is 5.01. The number of aromatic nitrogens is 2. The van der Waals surface area contributed by atoms with E-state index in [9.17, 15) is 0 Å². The van der Waals surface area contributed by atoms with Gasteiger partial charge in [-0.2, -0.15) is 0 Å². The predicted molar refractivity (Wildman–Crippen MR) is 182 cm³/mol. The first-order chi connectivity index (χ1) is 21.3. The van der Waals surface area contributed by atoms with Gasteiger partial charge < -0.3 is 0 Å². The zero-order valence-electron chi connectivity index (χ0n) is 24.8. The van der Waals surface area contributed by atoms with Crippen molar-refractivity contribution in [3.05, 3.63) is 143 Å². The molecule has 1 unspecified atom stereocenters. The van der Waals surface area contributed by atoms with Crippen LogP contribution in [-0.2, 0) is 19.3 Å². The summed E-state index contributed by atoms with van der Waals surface area (Å²) in [7, 11) is 0. The van der Waals surface area contributed by atoms with E-state index in [0.29, 0.717) is 5.92 Å². The number of imidazole rings is 1. The maximum Gasteiger partial charge on any atom is 0.113 e. The smallest absolute Gasteiger partial charge is 0.113 e. The lowest BCUT2D eigenvalue weighted by Crippen LogP contribution is -2.11. The highest BCUT2D eigenvalue weighted by molar-refractivity contribution is 6.04. The third-order valence-electron chi connectivity index (χ3n) is 9.44. The molecule has 1 aromatic heterocycles. The standard InChI is InChI=1S/C41H36N2/c1-2-39-42-37-18-10-11-19-38(37)43(39)32-26-24-31(25-27-32)41-35-16-8-6-14-33(35)40(34-15-7-9-17-36(34)41)30-22-20-29(21-23-30)28-12-4-3-5-13-28/h3-8,11-16,19-24,26-27,31H,2,9-10,17-18,25H2,1H3. The van der Waals surface area contributed by atoms with Crippen LogP contribution in [-0.4, -0.2) is 9.55 Å². The van der Waals surface area contributed by atoms with Crippen LogP contribution in [0.2, 0.25) is 0 Å². The highest BCUT2D eigenvalue weighted by Crippen LogP contribution is 2.45. The predicted octanol–water partition coefficient (Wildman–Crippen LogP) is 10.4. The lowest BCUT2D eigenvalue weighted by Gasteiger charge is -2.28. The van der Waals surface area contributed by atoms with Crippen LogP contribution in [0.25, 0.3) is 50.9 Å². The van der Waals surface area contributed by atoms with Gasteiger partial charge in [-0.05, 0) is 94.0 Å². The van der Waals surface area contributed by atoms with Gasteiger partial charge in [0.25, 0.3) is 0 Å². The van der Waals surface area contributed by atoms with Gasteiger partial charge in [0.2, 0.25) is 0 Å². The number of allylic oxidation sites excluding steroid dienone is 6. The normalized spacial score (nSPS) is 17.1. The minimum atomic E-state index is 0.350. The second-order valence-corrected chi connectivity index (χ2v) is 11.9. The van der Waals surface area contributed by atoms with Crippen molar-refractivity contribution < 1.29 is 0 Å². The van der Waals surface area contributed by atoms with E-state index in [0.717, 1.165) is 38.5 Å². The van der Waals surface area contributed by atoms with E-state index in [2.05, 4.69) is 133 Å². The van der Waals surface area contributed by atoms with Gasteiger partial charge in [0, 0.05) is 18.0 Å². The maximum absolute atomic E-state index is 5.01. The summed E-state index contributed by atoms with van der Waals surface area (Å²) in [6.45, 7) is 2.21. The molecule has 0 spiro atoms. The number of fused-ring (bicyclic) bond motifs is 3. The molecule has 0 bridgehead atoms. The summed E-state index contributed by atoms with van der Waals surface area (Å²) >= 11 is 0. The third-order valence-corrected chi connectivity index (χ3v) is 9.44. The number of rotatable bonds is 5. The Hall–Kier alpha value is -4.69. The Kier molecular flexibility index (Phi) is 6.56. The summed E-state index contributed by atoms with van der Waals surface area (Å²) in [6.07, 6.45) is 22.8. The largest absolute Gasteiger partial charge is 0.297 e. The first-order valence-electron chi connectivity index (χ1n) is 15.9. The first-order valence-corrected chi connectivity index (χ1v) is 15.9. The van der Waals surface area contributed by atoms with E-state index in [-0.39, 0.29) is 0 Å². The van der Waals surface area contributed by atoms with Gasteiger partial charge in [0.05, 0.1) is 11.4 Å². The molecule has 8 rings (SSSR count). The van der Waals surface area contributed by atoms with Crippen LogP contribution in [0.1, 0.15) is 66.0 Å². The molecule has 210 valence electrons. The lowest BCUT2D eigenvalue weighted by molar-refractivity contribution is 0.818. The monoisotopic (exact) mass is 556 g/mol. The molecular weight excluding hydrogens is 520 g/mol. The van der Waals surface area contributed by atoms with Crippen LogP contribution >= 0.6 is 0 Å². The Balaban J connectivity index is 1.22. The van der Waals surface area contributed by atoms with E-state index in [1.807, 2.05) is 0 Å². The highest BCUT2D eigenvalue weighted by atomic mass is 15.1. The molecular formula is C41H36N2. The first kappa shape index (κ1) is 26.0. The molecule has 3 aliphatic carbocycles. The van der Waals surface area contributed by atoms with Crippen molar-refractivity contribution in [3.8, 4) is 22.3 Å². The average Bonchev–Trinajstić information content (AvgIpc) is 3.47. The minimum absolute atomic E-state index is 0.350. The van der Waals surface area contributed by atoms with E-state index >= 15 is 0 Å². The molecule has 0 saturated carbocycles. The Morgan fingerprint density at radius 2 is 1.47 bits per heavy atom. The molecule has 0 saturated heterocycles. The number of benzene rings is 4. The molecule has 0 N–H and O–H groups in total. The average molecular weight is 557 g/mol. The van der Waals surface area contributed by atoms with Crippen LogP contribution in [0.15, 0.2) is 109 Å². The SMILES string of the molecule is CCc1nc2c(n1C1=CCC(c3c4c(c(-c5ccc(-c6ccccc6)cc5)c5ccccc35)C=CCC4)C=C1)C=CCC2. The third kappa shape index (κ3) is 4.44. The topological polar surface area (TPSA) is 17.8 Å². The van der Waals surface area contributed by atoms with Crippen molar-refractivity contribution in [2.45, 2.75) is 51.4 Å². The summed E-state index contributed by atoms with van der Waals surface area (Å²) in [6, 6.07) is 28.9. The molecule has 0 fully saturated rings. The second-order valence-electron chi connectivity index (χ2n) is 11.9. The van der Waals surface area contributed by atoms with Gasteiger partial charge >= 0.3 is 0 Å². The van der Waals surface area contributed by atoms with Gasteiger partial charge in [-0.15, -0.1) is 0 Å². The fraction of sp³-hybridized carbons (Fsp3) is 0.195. The molecule has 0 radical (unpaired) electrons. The summed E-state index contributed by atoms with van der Waals surface area (Å²) in [5.41, 5.74) is 13.4. The lowest BCUT2D eigenvalue weighted by atomic mass is 9.77. The van der Waals surface area contributed by atoms with E-state index in [1.165, 1.54) is 72.6 Å². The molecule has 1 heterocycles. The number of nitrogens with zero attached hydrogens (tertiary/aromatic N) is 2. The van der Waals surface area contributed by atoms with Crippen LogP contribution in [0.3, 0.4) is 0 Å². The van der Waals surface area contributed by atoms with E-state index in [1.54, 1.807) is 0 Å². The van der Waals surface area contributed by atoms with Crippen LogP contribution in [0.4, 0.5) is 0 Å². The quantitative estimate of drug-likeness (QED) is 0.211. The fourth-order valence-electron chi connectivity index (χ4n) is 7.43. The number of hydrogen-bond donors (Lipinski definition) is 0. The molecule has 1 atom stereocenters. The molecule has 2 heteroatoms. The molecule has 0 amide bonds. The fourth-order valence-corrected chi connectivity index (χ4v) is 7.43. The van der Waals surface area contributed by atoms with Crippen molar-refractivity contribution in [1.29, 1.82) is 0 Å². The van der Waals surface area contributed by atoms with Crippen LogP contribution in [0, 0.1) is 0 Å². The van der Waals surface area contributed by atoms with Gasteiger partial charge in [-0.25, -0.2) is 4.98 Å². The van der Waals surface area contributed by atoms with E-state index < -0.39 is 0 Å². The van der Waals surface area contributed by atoms with Gasteiger partial charge in [-0.3, -0.25) is 4.57 Å². The molecule has 2 nitrogen and oxygen atoms in total. The molecule has 43 heavy (non-hydrogen) atoms. The van der Waals surface area contributed by atoms with Crippen molar-refractivity contribution in [2.24, 2.45) is 0 Å². The minimum Gasteiger partial charge on any atom is -0.297 e. The van der Waals surface area contributed by atoms with Crippen molar-refractivity contribution in [2.75, 3.05) is 0 Å². The Morgan fingerprint density at radius 1 is 0.744 bits per heavy atom. The Labute approximate surface area is 254 Å². The van der Waals surface area contributed by atoms with Crippen molar-refractivity contribution in [3.63, 3.8) is 0 Å². The second kappa shape index (κ2) is 10.9. The summed E-state index contributed by atoms with van der Waals surface area (Å²) < 4.78 is 2.40. The van der Waals surface area contributed by atoms with Crippen molar-refractivity contribution >= 4 is 28.6 Å². The van der Waals surface area contributed by atoms with Crippen molar-refractivity contribution in [1.82, 2.24) is 9.55 Å². The molecule has 5 aromatic rings. The van der Waals surface area contributed by atoms with Gasteiger partial charge in [-0.1, -0.05) is 116 Å². The molecule has 3 aliphatic rings. The van der Waals surface area contributed by atoms with Crippen LogP contribution < -0.4 is 0 Å². The molecule has 0 aliphatic heterocycles. The zero-order chi connectivity index (χ0) is 28.8. The molecule has 4 aromatic carbocycles. The van der Waals surface area contributed by atoms with Crippen LogP contribution in [0.5, 0.6) is 0 Å². The van der Waals surface area contributed by atoms with Gasteiger partial charge in [0.1, 0.15) is 5.82 Å².